The minimum atomic E-state index is -4.35. The van der Waals surface area contributed by atoms with Gasteiger partial charge in [0.2, 0.25) is 0 Å². The Morgan fingerprint density at radius 2 is 1.83 bits per heavy atom. The van der Waals surface area contributed by atoms with Crippen LogP contribution in [-0.4, -0.2) is 11.5 Å². The zero-order valence-electron chi connectivity index (χ0n) is 10.0. The van der Waals surface area contributed by atoms with Gasteiger partial charge in [-0.3, -0.25) is 10.2 Å². The summed E-state index contributed by atoms with van der Waals surface area (Å²) in [5, 5.41) is 3.84. The quantitative estimate of drug-likeness (QED) is 0.663. The van der Waals surface area contributed by atoms with E-state index in [1.165, 1.54) is 19.1 Å². The van der Waals surface area contributed by atoms with Gasteiger partial charge in [0, 0.05) is 6.92 Å². The topological polar surface area (TPSA) is 41.5 Å². The molecule has 0 aromatic heterocycles. The van der Waals surface area contributed by atoms with Crippen LogP contribution < -0.4 is 5.43 Å². The van der Waals surface area contributed by atoms with E-state index in [0.717, 1.165) is 12.1 Å². The van der Waals surface area contributed by atoms with Crippen LogP contribution in [0.5, 0.6) is 0 Å². The summed E-state index contributed by atoms with van der Waals surface area (Å²) >= 11 is 0. The van der Waals surface area contributed by atoms with E-state index in [-0.39, 0.29) is 5.78 Å². The van der Waals surface area contributed by atoms with Gasteiger partial charge in [0.15, 0.2) is 5.78 Å². The number of Topliss-reactive ketones (excluding diaryl/α,β-unsaturated/α-hetero) is 1. The van der Waals surface area contributed by atoms with Crippen molar-refractivity contribution in [1.29, 1.82) is 0 Å². The number of ketones is 1. The van der Waals surface area contributed by atoms with Crippen LogP contribution in [-0.2, 0) is 11.0 Å². The van der Waals surface area contributed by atoms with Crippen LogP contribution in [0.2, 0.25) is 0 Å². The summed E-state index contributed by atoms with van der Waals surface area (Å²) in [6.45, 7) is 3.16. The molecule has 6 heteroatoms. The molecule has 0 fully saturated rings. The maximum absolute atomic E-state index is 12.3. The number of alkyl halides is 3. The van der Waals surface area contributed by atoms with Gasteiger partial charge in [0.25, 0.3) is 0 Å². The molecule has 1 aromatic rings. The number of nitrogens with one attached hydrogen (secondary N) is 1. The lowest BCUT2D eigenvalue weighted by molar-refractivity contribution is -0.137. The Kier molecular flexibility index (Phi) is 4.47. The Labute approximate surface area is 103 Å². The van der Waals surface area contributed by atoms with E-state index in [1.807, 2.05) is 0 Å². The van der Waals surface area contributed by atoms with Crippen molar-refractivity contribution in [3.05, 3.63) is 29.8 Å². The number of carbonyl (C=O) groups is 1. The van der Waals surface area contributed by atoms with Gasteiger partial charge < -0.3 is 0 Å². The van der Waals surface area contributed by atoms with Crippen molar-refractivity contribution in [3.8, 4) is 0 Å². The number of hydrogen-bond donors (Lipinski definition) is 1. The van der Waals surface area contributed by atoms with Crippen LogP contribution in [0.25, 0.3) is 0 Å². The van der Waals surface area contributed by atoms with Gasteiger partial charge in [0.05, 0.1) is 11.3 Å². The van der Waals surface area contributed by atoms with E-state index >= 15 is 0 Å². The molecule has 0 radical (unpaired) electrons. The summed E-state index contributed by atoms with van der Waals surface area (Å²) in [6.07, 6.45) is -3.89. The molecule has 98 valence electrons. The zero-order chi connectivity index (χ0) is 13.8. The smallest absolute Gasteiger partial charge is 0.293 e. The summed E-state index contributed by atoms with van der Waals surface area (Å²) in [6, 6.07) is 4.44. The zero-order valence-corrected chi connectivity index (χ0v) is 10.0. The van der Waals surface area contributed by atoms with Gasteiger partial charge in [-0.25, -0.2) is 0 Å². The molecule has 0 unspecified atom stereocenters. The molecule has 0 aliphatic carbocycles. The van der Waals surface area contributed by atoms with Gasteiger partial charge in [-0.1, -0.05) is 6.92 Å². The number of rotatable bonds is 4. The Morgan fingerprint density at radius 3 is 2.22 bits per heavy atom. The molecule has 0 heterocycles. The van der Waals surface area contributed by atoms with E-state index in [9.17, 15) is 18.0 Å². The first-order valence-electron chi connectivity index (χ1n) is 5.35. The number of benzene rings is 1. The third kappa shape index (κ3) is 3.87. The normalized spacial score (nSPS) is 12.4. The molecule has 0 saturated heterocycles. The van der Waals surface area contributed by atoms with Crippen LogP contribution >= 0.6 is 0 Å². The summed E-state index contributed by atoms with van der Waals surface area (Å²) < 4.78 is 36.9. The number of hydrogen-bond acceptors (Lipinski definition) is 3. The van der Waals surface area contributed by atoms with Gasteiger partial charge in [0.1, 0.15) is 5.71 Å². The fourth-order valence-corrected chi connectivity index (χ4v) is 1.27. The predicted molar refractivity (Wildman–Crippen MR) is 63.5 cm³/mol. The predicted octanol–water partition coefficient (Wildman–Crippen LogP) is 3.47. The first-order valence-corrected chi connectivity index (χ1v) is 5.35. The van der Waals surface area contributed by atoms with Crippen LogP contribution in [0, 0.1) is 0 Å². The molecule has 3 nitrogen and oxygen atoms in total. The summed E-state index contributed by atoms with van der Waals surface area (Å²) in [5.41, 5.74) is 2.57. The van der Waals surface area contributed by atoms with Crippen LogP contribution in [0.15, 0.2) is 29.4 Å². The van der Waals surface area contributed by atoms with Crippen LogP contribution in [0.1, 0.15) is 25.8 Å². The van der Waals surface area contributed by atoms with Crippen molar-refractivity contribution in [2.75, 3.05) is 5.43 Å². The Bertz CT molecular complexity index is 449. The lowest BCUT2D eigenvalue weighted by Gasteiger charge is -2.07. The van der Waals surface area contributed by atoms with Crippen molar-refractivity contribution in [3.63, 3.8) is 0 Å². The molecular weight excluding hydrogens is 245 g/mol. The lowest BCUT2D eigenvalue weighted by Crippen LogP contribution is -2.10. The van der Waals surface area contributed by atoms with Crippen molar-refractivity contribution in [2.45, 2.75) is 26.4 Å². The van der Waals surface area contributed by atoms with E-state index in [4.69, 9.17) is 0 Å². The van der Waals surface area contributed by atoms with Crippen molar-refractivity contribution in [1.82, 2.24) is 0 Å². The summed E-state index contributed by atoms with van der Waals surface area (Å²) in [7, 11) is 0. The average Bonchev–Trinajstić information content (AvgIpc) is 2.29. The molecule has 1 rings (SSSR count). The number of anilines is 1. The number of halogens is 3. The molecular formula is C12H13F3N2O. The Hall–Kier alpha value is -1.85. The SMILES string of the molecule is CCC(=NNc1ccc(C(F)(F)F)cc1)C(C)=O. The molecule has 0 amide bonds. The van der Waals surface area contributed by atoms with Crippen LogP contribution in [0.4, 0.5) is 18.9 Å². The van der Waals surface area contributed by atoms with Crippen molar-refractivity contribution < 1.29 is 18.0 Å². The number of carbonyl (C=O) groups excluding carboxylic acids is 1. The van der Waals surface area contributed by atoms with E-state index in [0.29, 0.717) is 17.8 Å². The highest BCUT2D eigenvalue weighted by atomic mass is 19.4. The molecule has 18 heavy (non-hydrogen) atoms. The molecule has 0 aliphatic rings. The minimum absolute atomic E-state index is 0.170. The van der Waals surface area contributed by atoms with Gasteiger partial charge in [-0.15, -0.1) is 0 Å². The highest BCUT2D eigenvalue weighted by Gasteiger charge is 2.29. The summed E-state index contributed by atoms with van der Waals surface area (Å²) in [5.74, 6) is -0.170. The molecule has 0 saturated carbocycles. The molecule has 0 bridgehead atoms. The third-order valence-electron chi connectivity index (χ3n) is 2.27. The summed E-state index contributed by atoms with van der Waals surface area (Å²) in [4.78, 5) is 11.1. The molecule has 0 aliphatic heterocycles. The Balaban J connectivity index is 2.79. The molecule has 1 aromatic carbocycles. The monoisotopic (exact) mass is 258 g/mol. The molecule has 1 N–H and O–H groups in total. The molecule has 0 spiro atoms. The van der Waals surface area contributed by atoms with E-state index in [2.05, 4.69) is 10.5 Å². The van der Waals surface area contributed by atoms with Crippen molar-refractivity contribution >= 4 is 17.2 Å². The fraction of sp³-hybridized carbons (Fsp3) is 0.333. The number of nitrogens with zero attached hydrogens (tertiary/aromatic N) is 1. The second-order valence-electron chi connectivity index (χ2n) is 3.66. The highest BCUT2D eigenvalue weighted by Crippen LogP contribution is 2.29. The minimum Gasteiger partial charge on any atom is -0.293 e. The highest BCUT2D eigenvalue weighted by molar-refractivity contribution is 6.38. The van der Waals surface area contributed by atoms with Gasteiger partial charge in [-0.2, -0.15) is 18.3 Å². The fourth-order valence-electron chi connectivity index (χ4n) is 1.27. The standard InChI is InChI=1S/C12H13F3N2O/c1-3-11(8(2)18)17-16-10-6-4-9(5-7-10)12(13,14)15/h4-7,16H,3H2,1-2H3. The average molecular weight is 258 g/mol. The second kappa shape index (κ2) is 5.66. The maximum atomic E-state index is 12.3. The molecule has 0 atom stereocenters. The van der Waals surface area contributed by atoms with E-state index in [1.54, 1.807) is 6.92 Å². The third-order valence-corrected chi connectivity index (χ3v) is 2.27. The van der Waals surface area contributed by atoms with Gasteiger partial charge in [-0.05, 0) is 30.7 Å². The number of hydrazone groups is 1. The van der Waals surface area contributed by atoms with Crippen molar-refractivity contribution in [2.24, 2.45) is 5.10 Å². The van der Waals surface area contributed by atoms with E-state index < -0.39 is 11.7 Å². The second-order valence-corrected chi connectivity index (χ2v) is 3.66. The first-order chi connectivity index (χ1) is 8.34. The van der Waals surface area contributed by atoms with Crippen LogP contribution in [0.3, 0.4) is 0 Å². The lowest BCUT2D eigenvalue weighted by atomic mass is 10.2. The first kappa shape index (κ1) is 14.2. The van der Waals surface area contributed by atoms with Gasteiger partial charge >= 0.3 is 6.18 Å². The largest absolute Gasteiger partial charge is 0.416 e. The maximum Gasteiger partial charge on any atom is 0.416 e. The Morgan fingerprint density at radius 1 is 1.28 bits per heavy atom.